The summed E-state index contributed by atoms with van der Waals surface area (Å²) in [6.45, 7) is 8.23. The molecule has 0 bridgehead atoms. The Morgan fingerprint density at radius 1 is 1.14 bits per heavy atom. The van der Waals surface area contributed by atoms with Gasteiger partial charge in [0, 0.05) is 29.6 Å². The first kappa shape index (κ1) is 20.5. The average Bonchev–Trinajstić information content (AvgIpc) is 3.06. The number of hydrogen-bond donors (Lipinski definition) is 1. The van der Waals surface area contributed by atoms with Crippen molar-refractivity contribution in [3.63, 3.8) is 0 Å². The zero-order valence-electron chi connectivity index (χ0n) is 17.3. The highest BCUT2D eigenvalue weighted by molar-refractivity contribution is 5.93. The van der Waals surface area contributed by atoms with E-state index in [1.165, 1.54) is 0 Å². The van der Waals surface area contributed by atoms with Gasteiger partial charge in [-0.3, -0.25) is 4.79 Å². The Kier molecular flexibility index (Phi) is 6.26. The molecule has 0 aliphatic rings. The summed E-state index contributed by atoms with van der Waals surface area (Å²) in [5.41, 5.74) is 5.80. The Morgan fingerprint density at radius 3 is 2.55 bits per heavy atom. The fourth-order valence-electron chi connectivity index (χ4n) is 3.23. The van der Waals surface area contributed by atoms with Gasteiger partial charge in [0.05, 0.1) is 17.9 Å². The summed E-state index contributed by atoms with van der Waals surface area (Å²) >= 11 is 0. The number of hydrogen-bond acceptors (Lipinski definition) is 5. The van der Waals surface area contributed by atoms with Gasteiger partial charge >= 0.3 is 5.97 Å². The molecule has 0 atom stereocenters. The molecular formula is C22H26N4O3. The normalized spacial score (nSPS) is 10.9. The summed E-state index contributed by atoms with van der Waals surface area (Å²) < 4.78 is 6.93. The molecule has 7 heteroatoms. The molecule has 29 heavy (non-hydrogen) atoms. The quantitative estimate of drug-likeness (QED) is 0.616. The number of carbonyl (C=O) groups excluding carboxylic acids is 2. The highest BCUT2D eigenvalue weighted by atomic mass is 16.5. The van der Waals surface area contributed by atoms with Crippen LogP contribution in [0, 0.1) is 20.8 Å². The fraction of sp³-hybridized carbons (Fsp3) is 0.364. The maximum absolute atomic E-state index is 12.4. The Labute approximate surface area is 170 Å². The van der Waals surface area contributed by atoms with E-state index in [4.69, 9.17) is 4.74 Å². The van der Waals surface area contributed by atoms with Gasteiger partial charge in [0.2, 0.25) is 5.91 Å². The number of amides is 1. The number of fused-ring (bicyclic) bond motifs is 1. The van der Waals surface area contributed by atoms with Crippen LogP contribution < -0.4 is 5.32 Å². The number of ether oxygens (including phenoxy) is 1. The molecule has 1 aromatic carbocycles. The topological polar surface area (TPSA) is 85.6 Å². The van der Waals surface area contributed by atoms with Gasteiger partial charge < -0.3 is 10.1 Å². The number of rotatable bonds is 7. The lowest BCUT2D eigenvalue weighted by Gasteiger charge is -2.11. The lowest BCUT2D eigenvalue weighted by Crippen LogP contribution is -2.14. The van der Waals surface area contributed by atoms with Crippen molar-refractivity contribution >= 4 is 23.2 Å². The molecule has 152 valence electrons. The number of anilines is 1. The maximum atomic E-state index is 12.4. The number of aromatic nitrogens is 3. The molecule has 7 nitrogen and oxygen atoms in total. The molecule has 0 unspecified atom stereocenters. The number of carbonyl (C=O) groups is 2. The second-order valence-electron chi connectivity index (χ2n) is 7.08. The van der Waals surface area contributed by atoms with Crippen LogP contribution in [0.15, 0.2) is 30.3 Å². The van der Waals surface area contributed by atoms with E-state index < -0.39 is 0 Å². The number of aryl methyl sites for hydroxylation is 3. The van der Waals surface area contributed by atoms with Crippen LogP contribution in [-0.4, -0.2) is 33.1 Å². The molecule has 3 aromatic rings. The van der Waals surface area contributed by atoms with Crippen molar-refractivity contribution in [1.82, 2.24) is 14.6 Å². The predicted octanol–water partition coefficient (Wildman–Crippen LogP) is 3.79. The summed E-state index contributed by atoms with van der Waals surface area (Å²) in [5, 5.41) is 7.33. The lowest BCUT2D eigenvalue weighted by molar-refractivity contribution is -0.116. The van der Waals surface area contributed by atoms with Crippen LogP contribution in [-0.2, 0) is 16.0 Å². The van der Waals surface area contributed by atoms with Gasteiger partial charge in [-0.25, -0.2) is 14.3 Å². The maximum Gasteiger partial charge on any atom is 0.338 e. The van der Waals surface area contributed by atoms with E-state index in [0.717, 1.165) is 34.7 Å². The van der Waals surface area contributed by atoms with Crippen LogP contribution in [0.5, 0.6) is 0 Å². The highest BCUT2D eigenvalue weighted by Gasteiger charge is 2.13. The second-order valence-corrected chi connectivity index (χ2v) is 7.08. The molecule has 1 amide bonds. The molecule has 1 N–H and O–H groups in total. The molecule has 2 aromatic heterocycles. The zero-order valence-corrected chi connectivity index (χ0v) is 17.3. The third-order valence-corrected chi connectivity index (χ3v) is 4.73. The minimum atomic E-state index is -0.354. The van der Waals surface area contributed by atoms with Crippen LogP contribution in [0.1, 0.15) is 52.8 Å². The second kappa shape index (κ2) is 8.86. The smallest absolute Gasteiger partial charge is 0.338 e. The molecule has 0 saturated carbocycles. The number of nitrogens with zero attached hydrogens (tertiary/aromatic N) is 3. The van der Waals surface area contributed by atoms with Crippen molar-refractivity contribution in [2.24, 2.45) is 0 Å². The van der Waals surface area contributed by atoms with E-state index >= 15 is 0 Å². The van der Waals surface area contributed by atoms with E-state index in [-0.39, 0.29) is 11.9 Å². The molecule has 0 spiro atoms. The van der Waals surface area contributed by atoms with Gasteiger partial charge in [-0.1, -0.05) is 6.92 Å². The van der Waals surface area contributed by atoms with Crippen molar-refractivity contribution in [2.75, 3.05) is 11.9 Å². The summed E-state index contributed by atoms with van der Waals surface area (Å²) in [7, 11) is 0. The summed E-state index contributed by atoms with van der Waals surface area (Å²) in [4.78, 5) is 28.8. The minimum absolute atomic E-state index is 0.0955. The molecule has 2 heterocycles. The summed E-state index contributed by atoms with van der Waals surface area (Å²) in [6, 6.07) is 8.66. The minimum Gasteiger partial charge on any atom is -0.462 e. The van der Waals surface area contributed by atoms with Crippen molar-refractivity contribution in [3.05, 3.63) is 58.5 Å². The van der Waals surface area contributed by atoms with Crippen molar-refractivity contribution < 1.29 is 14.3 Å². The Hall–Kier alpha value is -3.22. The van der Waals surface area contributed by atoms with E-state index in [1.54, 1.807) is 24.3 Å². The van der Waals surface area contributed by atoms with Crippen molar-refractivity contribution in [3.8, 4) is 0 Å². The van der Waals surface area contributed by atoms with Crippen LogP contribution in [0.25, 0.3) is 5.65 Å². The van der Waals surface area contributed by atoms with Crippen LogP contribution in [0.2, 0.25) is 0 Å². The van der Waals surface area contributed by atoms with Gasteiger partial charge in [-0.05, 0) is 63.4 Å². The molecular weight excluding hydrogens is 368 g/mol. The zero-order chi connectivity index (χ0) is 21.0. The Balaban J connectivity index is 1.61. The lowest BCUT2D eigenvalue weighted by atomic mass is 10.1. The molecule has 0 radical (unpaired) electrons. The van der Waals surface area contributed by atoms with Gasteiger partial charge in [-0.15, -0.1) is 0 Å². The fourth-order valence-corrected chi connectivity index (χ4v) is 3.23. The average molecular weight is 394 g/mol. The summed E-state index contributed by atoms with van der Waals surface area (Å²) in [5.74, 6) is -0.450. The van der Waals surface area contributed by atoms with Gasteiger partial charge in [0.25, 0.3) is 0 Å². The monoisotopic (exact) mass is 394 g/mol. The first-order valence-corrected chi connectivity index (χ1v) is 9.78. The third-order valence-electron chi connectivity index (χ3n) is 4.73. The number of benzene rings is 1. The van der Waals surface area contributed by atoms with Gasteiger partial charge in [0.1, 0.15) is 0 Å². The molecule has 0 aliphatic carbocycles. The standard InChI is InChI=1S/C22H26N4O3/c1-5-12-29-22(28)17-6-8-18(9-7-17)24-21(27)11-10-19-15(3)23-20-13-14(2)25-26(20)16(19)4/h6-9,13H,5,10-12H2,1-4H3,(H,24,27). The van der Waals surface area contributed by atoms with E-state index in [2.05, 4.69) is 15.4 Å². The van der Waals surface area contributed by atoms with E-state index in [9.17, 15) is 9.59 Å². The molecule has 0 aliphatic heterocycles. The molecule has 3 rings (SSSR count). The molecule has 0 fully saturated rings. The number of nitrogens with one attached hydrogen (secondary N) is 1. The van der Waals surface area contributed by atoms with Crippen LogP contribution in [0.4, 0.5) is 5.69 Å². The van der Waals surface area contributed by atoms with Crippen LogP contribution >= 0.6 is 0 Å². The van der Waals surface area contributed by atoms with Crippen LogP contribution in [0.3, 0.4) is 0 Å². The Bertz CT molecular complexity index is 1040. The third kappa shape index (κ3) is 4.80. The summed E-state index contributed by atoms with van der Waals surface area (Å²) in [6.07, 6.45) is 1.68. The molecule has 0 saturated heterocycles. The number of esters is 1. The SMILES string of the molecule is CCCOC(=O)c1ccc(NC(=O)CCc2c(C)nc3cc(C)nn3c2C)cc1. The predicted molar refractivity (Wildman–Crippen MR) is 111 cm³/mol. The van der Waals surface area contributed by atoms with Gasteiger partial charge in [-0.2, -0.15) is 5.10 Å². The largest absolute Gasteiger partial charge is 0.462 e. The van der Waals surface area contributed by atoms with E-state index in [0.29, 0.717) is 30.7 Å². The first-order chi connectivity index (χ1) is 13.9. The Morgan fingerprint density at radius 2 is 1.86 bits per heavy atom. The van der Waals surface area contributed by atoms with E-state index in [1.807, 2.05) is 38.3 Å². The van der Waals surface area contributed by atoms with Gasteiger partial charge in [0.15, 0.2) is 5.65 Å². The first-order valence-electron chi connectivity index (χ1n) is 9.78. The van der Waals surface area contributed by atoms with Crippen molar-refractivity contribution in [1.29, 1.82) is 0 Å². The van der Waals surface area contributed by atoms with Crippen molar-refractivity contribution in [2.45, 2.75) is 47.0 Å². The highest BCUT2D eigenvalue weighted by Crippen LogP contribution is 2.18.